The first kappa shape index (κ1) is 17.6. The second-order valence-corrected chi connectivity index (χ2v) is 6.49. The summed E-state index contributed by atoms with van der Waals surface area (Å²) in [5, 5.41) is 3.98. The molecule has 7 heteroatoms. The molecule has 0 aliphatic carbocycles. The highest BCUT2D eigenvalue weighted by Gasteiger charge is 2.31. The maximum atomic E-state index is 12.5. The molecule has 1 N–H and O–H groups in total. The summed E-state index contributed by atoms with van der Waals surface area (Å²) >= 11 is 7.23. The van der Waals surface area contributed by atoms with E-state index in [1.165, 1.54) is 11.8 Å². The van der Waals surface area contributed by atoms with Crippen molar-refractivity contribution in [2.45, 2.75) is 49.7 Å². The van der Waals surface area contributed by atoms with Crippen LogP contribution in [0.25, 0.3) is 0 Å². The Morgan fingerprint density at radius 3 is 2.55 bits per heavy atom. The molecule has 0 spiro atoms. The van der Waals surface area contributed by atoms with Gasteiger partial charge in [0.25, 0.3) is 0 Å². The van der Waals surface area contributed by atoms with Crippen LogP contribution in [0.4, 0.5) is 13.2 Å². The van der Waals surface area contributed by atoms with Crippen molar-refractivity contribution in [1.29, 1.82) is 0 Å². The molecule has 0 aromatic carbocycles. The van der Waals surface area contributed by atoms with E-state index >= 15 is 0 Å². The highest BCUT2D eigenvalue weighted by atomic mass is 35.5. The molecule has 0 saturated heterocycles. The van der Waals surface area contributed by atoms with Crippen molar-refractivity contribution in [2.75, 3.05) is 6.54 Å². The minimum Gasteiger partial charge on any atom is -0.313 e. The molecule has 1 heterocycles. The van der Waals surface area contributed by atoms with Gasteiger partial charge in [0.05, 0.1) is 10.6 Å². The molecule has 1 aromatic rings. The van der Waals surface area contributed by atoms with Crippen molar-refractivity contribution < 1.29 is 13.2 Å². The van der Waals surface area contributed by atoms with Crippen molar-refractivity contribution in [3.63, 3.8) is 0 Å². The predicted octanol–water partition coefficient (Wildman–Crippen LogP) is 4.62. The zero-order valence-electron chi connectivity index (χ0n) is 11.6. The van der Waals surface area contributed by atoms with Crippen LogP contribution in [-0.2, 0) is 6.18 Å². The average molecular weight is 327 g/mol. The average Bonchev–Trinajstić information content (AvgIpc) is 2.37. The monoisotopic (exact) mass is 326 g/mol. The third kappa shape index (κ3) is 5.50. The molecule has 0 fully saturated rings. The van der Waals surface area contributed by atoms with Gasteiger partial charge >= 0.3 is 6.18 Å². The van der Waals surface area contributed by atoms with Gasteiger partial charge in [-0.15, -0.1) is 11.8 Å². The zero-order valence-corrected chi connectivity index (χ0v) is 13.2. The van der Waals surface area contributed by atoms with Crippen molar-refractivity contribution in [2.24, 2.45) is 0 Å². The fourth-order valence-corrected chi connectivity index (χ4v) is 2.56. The highest BCUT2D eigenvalue weighted by molar-refractivity contribution is 8.00. The molecular weight excluding hydrogens is 309 g/mol. The lowest BCUT2D eigenvalue weighted by molar-refractivity contribution is -0.137. The SMILES string of the molecule is CCC(C)NCC(C)Sc1ncc(C(F)(F)F)cc1Cl. The van der Waals surface area contributed by atoms with Crippen molar-refractivity contribution >= 4 is 23.4 Å². The van der Waals surface area contributed by atoms with E-state index in [0.717, 1.165) is 25.2 Å². The maximum Gasteiger partial charge on any atom is 0.417 e. The summed E-state index contributed by atoms with van der Waals surface area (Å²) in [6, 6.07) is 1.33. The van der Waals surface area contributed by atoms with E-state index < -0.39 is 11.7 Å². The molecule has 0 bridgehead atoms. The van der Waals surface area contributed by atoms with Gasteiger partial charge < -0.3 is 5.32 Å². The molecule has 2 atom stereocenters. The normalized spacial score (nSPS) is 15.2. The van der Waals surface area contributed by atoms with E-state index in [1.807, 2.05) is 6.92 Å². The lowest BCUT2D eigenvalue weighted by Gasteiger charge is -2.16. The Labute approximate surface area is 126 Å². The van der Waals surface area contributed by atoms with Gasteiger partial charge in [-0.3, -0.25) is 0 Å². The molecule has 0 radical (unpaired) electrons. The summed E-state index contributed by atoms with van der Waals surface area (Å²) in [7, 11) is 0. The van der Waals surface area contributed by atoms with Crippen molar-refractivity contribution in [3.05, 3.63) is 22.8 Å². The van der Waals surface area contributed by atoms with E-state index in [4.69, 9.17) is 11.6 Å². The Balaban J connectivity index is 2.64. The minimum absolute atomic E-state index is 0.0419. The quantitative estimate of drug-likeness (QED) is 0.772. The summed E-state index contributed by atoms with van der Waals surface area (Å²) in [6.07, 6.45) is -2.57. The molecule has 1 aromatic heterocycles. The molecule has 20 heavy (non-hydrogen) atoms. The standard InChI is InChI=1S/C13H18ClF3N2S/c1-4-8(2)18-6-9(3)20-12-11(14)5-10(7-19-12)13(15,16)17/h5,7-9,18H,4,6H2,1-3H3. The zero-order chi connectivity index (χ0) is 15.3. The number of rotatable bonds is 6. The highest BCUT2D eigenvalue weighted by Crippen LogP contribution is 2.34. The van der Waals surface area contributed by atoms with Gasteiger partial charge in [-0.1, -0.05) is 25.4 Å². The van der Waals surface area contributed by atoms with Crippen LogP contribution in [0.15, 0.2) is 17.3 Å². The third-order valence-electron chi connectivity index (χ3n) is 2.81. The first-order valence-electron chi connectivity index (χ1n) is 6.36. The van der Waals surface area contributed by atoms with E-state index in [-0.39, 0.29) is 10.3 Å². The number of nitrogens with one attached hydrogen (secondary N) is 1. The summed E-state index contributed by atoms with van der Waals surface area (Å²) in [5.74, 6) is 0. The summed E-state index contributed by atoms with van der Waals surface area (Å²) < 4.78 is 37.5. The van der Waals surface area contributed by atoms with Crippen LogP contribution in [-0.4, -0.2) is 22.8 Å². The van der Waals surface area contributed by atoms with Gasteiger partial charge in [-0.25, -0.2) is 4.98 Å². The predicted molar refractivity (Wildman–Crippen MR) is 77.3 cm³/mol. The second-order valence-electron chi connectivity index (χ2n) is 4.65. The number of hydrogen-bond acceptors (Lipinski definition) is 3. The van der Waals surface area contributed by atoms with Gasteiger partial charge in [-0.2, -0.15) is 13.2 Å². The van der Waals surface area contributed by atoms with Crippen LogP contribution in [0.2, 0.25) is 5.02 Å². The lowest BCUT2D eigenvalue weighted by Crippen LogP contribution is -2.30. The fraction of sp³-hybridized carbons (Fsp3) is 0.615. The number of hydrogen-bond donors (Lipinski definition) is 1. The Bertz CT molecular complexity index is 440. The largest absolute Gasteiger partial charge is 0.417 e. The Morgan fingerprint density at radius 2 is 2.05 bits per heavy atom. The van der Waals surface area contributed by atoms with E-state index in [0.29, 0.717) is 11.1 Å². The van der Waals surface area contributed by atoms with Gasteiger partial charge in [0, 0.05) is 24.0 Å². The van der Waals surface area contributed by atoms with Crippen LogP contribution in [0.3, 0.4) is 0 Å². The summed E-state index contributed by atoms with van der Waals surface area (Å²) in [6.45, 7) is 6.90. The molecule has 1 rings (SSSR count). The molecule has 2 unspecified atom stereocenters. The second kappa shape index (κ2) is 7.52. The van der Waals surface area contributed by atoms with Gasteiger partial charge in [-0.05, 0) is 19.4 Å². The topological polar surface area (TPSA) is 24.9 Å². The Kier molecular flexibility index (Phi) is 6.61. The Morgan fingerprint density at radius 1 is 1.40 bits per heavy atom. The van der Waals surface area contributed by atoms with Gasteiger partial charge in [0.15, 0.2) is 0 Å². The van der Waals surface area contributed by atoms with Crippen LogP contribution < -0.4 is 5.32 Å². The van der Waals surface area contributed by atoms with Crippen LogP contribution in [0.5, 0.6) is 0 Å². The number of thioether (sulfide) groups is 1. The number of aromatic nitrogens is 1. The molecule has 0 amide bonds. The van der Waals surface area contributed by atoms with E-state index in [2.05, 4.69) is 24.1 Å². The summed E-state index contributed by atoms with van der Waals surface area (Å²) in [5.41, 5.74) is -0.822. The van der Waals surface area contributed by atoms with E-state index in [9.17, 15) is 13.2 Å². The fourth-order valence-electron chi connectivity index (χ4n) is 1.41. The smallest absolute Gasteiger partial charge is 0.313 e. The van der Waals surface area contributed by atoms with Crippen LogP contribution >= 0.6 is 23.4 Å². The number of halogens is 4. The molecule has 0 aliphatic heterocycles. The van der Waals surface area contributed by atoms with Crippen molar-refractivity contribution in [3.8, 4) is 0 Å². The van der Waals surface area contributed by atoms with Crippen LogP contribution in [0, 0.1) is 0 Å². The van der Waals surface area contributed by atoms with E-state index in [1.54, 1.807) is 0 Å². The number of pyridine rings is 1. The molecule has 2 nitrogen and oxygen atoms in total. The first-order valence-corrected chi connectivity index (χ1v) is 7.62. The minimum atomic E-state index is -4.41. The third-order valence-corrected chi connectivity index (χ3v) is 4.33. The number of nitrogens with zero attached hydrogens (tertiary/aromatic N) is 1. The maximum absolute atomic E-state index is 12.5. The molecular formula is C13H18ClF3N2S. The van der Waals surface area contributed by atoms with Gasteiger partial charge in [0.1, 0.15) is 5.03 Å². The van der Waals surface area contributed by atoms with Crippen molar-refractivity contribution in [1.82, 2.24) is 10.3 Å². The number of alkyl halides is 3. The van der Waals surface area contributed by atoms with Gasteiger partial charge in [0.2, 0.25) is 0 Å². The summed E-state index contributed by atoms with van der Waals surface area (Å²) in [4.78, 5) is 3.82. The lowest BCUT2D eigenvalue weighted by atomic mass is 10.2. The molecule has 0 aliphatic rings. The van der Waals surface area contributed by atoms with Crippen LogP contribution in [0.1, 0.15) is 32.8 Å². The molecule has 114 valence electrons. The first-order chi connectivity index (χ1) is 9.24. The Hall–Kier alpha value is -0.460. The molecule has 0 saturated carbocycles.